The van der Waals surface area contributed by atoms with E-state index in [0.717, 1.165) is 24.0 Å². The zero-order valence-electron chi connectivity index (χ0n) is 12.1. The van der Waals surface area contributed by atoms with Crippen LogP contribution in [0.1, 0.15) is 38.5 Å². The van der Waals surface area contributed by atoms with Gasteiger partial charge in [-0.2, -0.15) is 0 Å². The van der Waals surface area contributed by atoms with Crippen molar-refractivity contribution in [3.63, 3.8) is 0 Å². The summed E-state index contributed by atoms with van der Waals surface area (Å²) in [5.74, 6) is 2.69. The molecule has 2 saturated carbocycles. The Kier molecular flexibility index (Phi) is 4.16. The van der Waals surface area contributed by atoms with Gasteiger partial charge in [-0.25, -0.2) is 0 Å². The molecule has 2 aliphatic rings. The second kappa shape index (κ2) is 6.04. The first-order chi connectivity index (χ1) is 9.82. The molecule has 3 nitrogen and oxygen atoms in total. The summed E-state index contributed by atoms with van der Waals surface area (Å²) in [4.78, 5) is 0. The Bertz CT molecular complexity index is 436. The van der Waals surface area contributed by atoms with Crippen LogP contribution in [0.5, 0.6) is 11.5 Å². The highest BCUT2D eigenvalue weighted by atomic mass is 16.5. The average molecular weight is 275 g/mol. The van der Waals surface area contributed by atoms with Crippen LogP contribution in [0.2, 0.25) is 0 Å². The van der Waals surface area contributed by atoms with Gasteiger partial charge in [0.05, 0.1) is 6.61 Å². The van der Waals surface area contributed by atoms with Crippen LogP contribution in [0, 0.1) is 11.3 Å². The number of rotatable bonds is 7. The maximum absolute atomic E-state index is 6.10. The van der Waals surface area contributed by atoms with Crippen molar-refractivity contribution in [2.45, 2.75) is 38.5 Å². The lowest BCUT2D eigenvalue weighted by Crippen LogP contribution is -2.27. The lowest BCUT2D eigenvalue weighted by Gasteiger charge is -2.29. The van der Waals surface area contributed by atoms with Gasteiger partial charge in [0.1, 0.15) is 18.1 Å². The fourth-order valence-corrected chi connectivity index (χ4v) is 3.50. The van der Waals surface area contributed by atoms with Crippen molar-refractivity contribution in [2.24, 2.45) is 17.1 Å². The number of hydrogen-bond donors (Lipinski definition) is 1. The van der Waals surface area contributed by atoms with Crippen LogP contribution >= 0.6 is 0 Å². The van der Waals surface area contributed by atoms with Crippen molar-refractivity contribution in [3.8, 4) is 11.5 Å². The minimum Gasteiger partial charge on any atom is -0.493 e. The number of ether oxygens (including phenoxy) is 2. The van der Waals surface area contributed by atoms with Gasteiger partial charge in [0.2, 0.25) is 0 Å². The van der Waals surface area contributed by atoms with E-state index < -0.39 is 0 Å². The lowest BCUT2D eigenvalue weighted by molar-refractivity contribution is 0.124. The molecular formula is C17H25NO2. The molecule has 0 atom stereocenters. The van der Waals surface area contributed by atoms with Crippen molar-refractivity contribution in [1.82, 2.24) is 0 Å². The molecular weight excluding hydrogens is 250 g/mol. The number of hydrogen-bond acceptors (Lipinski definition) is 3. The molecule has 0 radical (unpaired) electrons. The molecule has 0 unspecified atom stereocenters. The molecule has 0 aromatic heterocycles. The van der Waals surface area contributed by atoms with Gasteiger partial charge in [-0.1, -0.05) is 18.9 Å². The summed E-state index contributed by atoms with van der Waals surface area (Å²) in [5, 5.41) is 0. The van der Waals surface area contributed by atoms with E-state index in [2.05, 4.69) is 0 Å². The molecule has 20 heavy (non-hydrogen) atoms. The second-order valence-electron chi connectivity index (χ2n) is 6.24. The Morgan fingerprint density at radius 1 is 1.10 bits per heavy atom. The molecule has 0 aliphatic heterocycles. The molecule has 0 amide bonds. The van der Waals surface area contributed by atoms with Gasteiger partial charge in [0.25, 0.3) is 0 Å². The Morgan fingerprint density at radius 2 is 1.80 bits per heavy atom. The van der Waals surface area contributed by atoms with E-state index in [9.17, 15) is 0 Å². The SMILES string of the molecule is NCCOc1cccc(OCC2(C3CC3)CCCC2)c1. The Hall–Kier alpha value is -1.22. The van der Waals surface area contributed by atoms with Gasteiger partial charge in [0, 0.05) is 18.0 Å². The van der Waals surface area contributed by atoms with E-state index in [-0.39, 0.29) is 0 Å². The van der Waals surface area contributed by atoms with Crippen molar-refractivity contribution in [3.05, 3.63) is 24.3 Å². The lowest BCUT2D eigenvalue weighted by atomic mass is 9.82. The summed E-state index contributed by atoms with van der Waals surface area (Å²) in [6.07, 6.45) is 8.26. The van der Waals surface area contributed by atoms with Gasteiger partial charge < -0.3 is 15.2 Å². The molecule has 0 heterocycles. The van der Waals surface area contributed by atoms with Gasteiger partial charge in [-0.3, -0.25) is 0 Å². The molecule has 2 N–H and O–H groups in total. The molecule has 1 aromatic rings. The summed E-state index contributed by atoms with van der Waals surface area (Å²) in [6, 6.07) is 7.93. The van der Waals surface area contributed by atoms with Gasteiger partial charge >= 0.3 is 0 Å². The zero-order chi connectivity index (χ0) is 13.8. The largest absolute Gasteiger partial charge is 0.493 e. The zero-order valence-corrected chi connectivity index (χ0v) is 12.1. The summed E-state index contributed by atoms with van der Waals surface area (Å²) in [5.41, 5.74) is 5.92. The minimum absolute atomic E-state index is 0.466. The third-order valence-electron chi connectivity index (χ3n) is 4.76. The van der Waals surface area contributed by atoms with E-state index in [1.807, 2.05) is 24.3 Å². The standard InChI is InChI=1S/C17H25NO2/c18-10-11-19-15-4-3-5-16(12-15)20-13-17(14-6-7-14)8-1-2-9-17/h3-5,12,14H,1-2,6-11,13,18H2. The third kappa shape index (κ3) is 3.09. The van der Waals surface area contributed by atoms with Crippen molar-refractivity contribution >= 4 is 0 Å². The first-order valence-electron chi connectivity index (χ1n) is 7.88. The molecule has 110 valence electrons. The highest BCUT2D eigenvalue weighted by Gasteiger charge is 2.47. The summed E-state index contributed by atoms with van der Waals surface area (Å²) >= 11 is 0. The van der Waals surface area contributed by atoms with Crippen LogP contribution < -0.4 is 15.2 Å². The quantitative estimate of drug-likeness (QED) is 0.829. The van der Waals surface area contributed by atoms with Crippen LogP contribution in [-0.4, -0.2) is 19.8 Å². The first-order valence-corrected chi connectivity index (χ1v) is 7.88. The first kappa shape index (κ1) is 13.7. The van der Waals surface area contributed by atoms with Gasteiger partial charge in [-0.05, 0) is 43.7 Å². The molecule has 3 heteroatoms. The predicted molar refractivity (Wildman–Crippen MR) is 80.1 cm³/mol. The number of benzene rings is 1. The summed E-state index contributed by atoms with van der Waals surface area (Å²) < 4.78 is 11.7. The smallest absolute Gasteiger partial charge is 0.123 e. The molecule has 0 bridgehead atoms. The fraction of sp³-hybridized carbons (Fsp3) is 0.647. The molecule has 2 fully saturated rings. The van der Waals surface area contributed by atoms with Gasteiger partial charge in [0.15, 0.2) is 0 Å². The summed E-state index contributed by atoms with van der Waals surface area (Å²) in [6.45, 7) is 1.96. The van der Waals surface area contributed by atoms with Crippen LogP contribution in [0.15, 0.2) is 24.3 Å². The van der Waals surface area contributed by atoms with Crippen molar-refractivity contribution < 1.29 is 9.47 Å². The second-order valence-corrected chi connectivity index (χ2v) is 6.24. The van der Waals surface area contributed by atoms with Gasteiger partial charge in [-0.15, -0.1) is 0 Å². The maximum atomic E-state index is 6.10. The normalized spacial score (nSPS) is 20.9. The van der Waals surface area contributed by atoms with Crippen LogP contribution in [0.25, 0.3) is 0 Å². The predicted octanol–water partition coefficient (Wildman–Crippen LogP) is 3.37. The molecule has 0 spiro atoms. The Morgan fingerprint density at radius 3 is 2.45 bits per heavy atom. The monoisotopic (exact) mass is 275 g/mol. The molecule has 1 aromatic carbocycles. The van der Waals surface area contributed by atoms with Crippen LogP contribution in [-0.2, 0) is 0 Å². The Balaban J connectivity index is 1.59. The van der Waals surface area contributed by atoms with Crippen molar-refractivity contribution in [2.75, 3.05) is 19.8 Å². The topological polar surface area (TPSA) is 44.5 Å². The van der Waals surface area contributed by atoms with E-state index in [1.165, 1.54) is 38.5 Å². The molecule has 0 saturated heterocycles. The maximum Gasteiger partial charge on any atom is 0.123 e. The van der Waals surface area contributed by atoms with Crippen LogP contribution in [0.4, 0.5) is 0 Å². The van der Waals surface area contributed by atoms with Crippen molar-refractivity contribution in [1.29, 1.82) is 0 Å². The van der Waals surface area contributed by atoms with E-state index in [0.29, 0.717) is 18.6 Å². The summed E-state index contributed by atoms with van der Waals surface area (Å²) in [7, 11) is 0. The fourth-order valence-electron chi connectivity index (χ4n) is 3.50. The van der Waals surface area contributed by atoms with E-state index >= 15 is 0 Å². The van der Waals surface area contributed by atoms with Crippen LogP contribution in [0.3, 0.4) is 0 Å². The van der Waals surface area contributed by atoms with E-state index in [1.54, 1.807) is 0 Å². The van der Waals surface area contributed by atoms with E-state index in [4.69, 9.17) is 15.2 Å². The third-order valence-corrected chi connectivity index (χ3v) is 4.76. The highest BCUT2D eigenvalue weighted by Crippen LogP contribution is 2.54. The number of nitrogens with two attached hydrogens (primary N) is 1. The molecule has 2 aliphatic carbocycles. The highest BCUT2D eigenvalue weighted by molar-refractivity contribution is 5.33. The molecule has 3 rings (SSSR count). The minimum atomic E-state index is 0.466. The average Bonchev–Trinajstić information content (AvgIpc) is 3.24. The Labute approximate surface area is 121 Å².